The van der Waals surface area contributed by atoms with Crippen LogP contribution < -0.4 is 0 Å². The number of rotatable bonds is 5. The first-order valence-corrected chi connectivity index (χ1v) is 11.0. The lowest BCUT2D eigenvalue weighted by molar-refractivity contribution is -0.137. The molecule has 3 heterocycles. The lowest BCUT2D eigenvalue weighted by atomic mass is 10.0. The molecule has 1 fully saturated rings. The molecular formula is C23H22F3N3OS. The SMILES string of the molecule is Cc1nc(CC(=O)N2CCC[C@@H]2c2cccc(Cc3ccc(C(F)(F)F)cc3)n2)cs1. The third-order valence-electron chi connectivity index (χ3n) is 5.41. The molecule has 0 unspecified atom stereocenters. The highest BCUT2D eigenvalue weighted by Crippen LogP contribution is 2.32. The van der Waals surface area contributed by atoms with Gasteiger partial charge in [-0.25, -0.2) is 4.98 Å². The summed E-state index contributed by atoms with van der Waals surface area (Å²) < 4.78 is 38.3. The lowest BCUT2D eigenvalue weighted by Crippen LogP contribution is -2.32. The summed E-state index contributed by atoms with van der Waals surface area (Å²) in [7, 11) is 0. The van der Waals surface area contributed by atoms with Crippen LogP contribution in [0.1, 0.15) is 52.1 Å². The fourth-order valence-electron chi connectivity index (χ4n) is 3.92. The molecule has 4 rings (SSSR count). The number of halogens is 3. The van der Waals surface area contributed by atoms with Crippen molar-refractivity contribution in [3.8, 4) is 0 Å². The number of likely N-dealkylation sites (tertiary alicyclic amines) is 1. The summed E-state index contributed by atoms with van der Waals surface area (Å²) in [4.78, 5) is 23.9. The van der Waals surface area contributed by atoms with Crippen molar-refractivity contribution in [1.82, 2.24) is 14.9 Å². The Labute approximate surface area is 182 Å². The number of alkyl halides is 3. The summed E-state index contributed by atoms with van der Waals surface area (Å²) in [6.45, 7) is 2.61. The Balaban J connectivity index is 1.47. The van der Waals surface area contributed by atoms with Gasteiger partial charge in [-0.1, -0.05) is 18.2 Å². The molecule has 1 saturated heterocycles. The first-order chi connectivity index (χ1) is 14.8. The second-order valence-corrected chi connectivity index (χ2v) is 8.77. The van der Waals surface area contributed by atoms with Crippen molar-refractivity contribution in [2.24, 2.45) is 0 Å². The van der Waals surface area contributed by atoms with E-state index in [1.165, 1.54) is 23.5 Å². The summed E-state index contributed by atoms with van der Waals surface area (Å²) >= 11 is 1.53. The Morgan fingerprint density at radius 1 is 1.13 bits per heavy atom. The van der Waals surface area contributed by atoms with Crippen LogP contribution in [0.5, 0.6) is 0 Å². The highest BCUT2D eigenvalue weighted by atomic mass is 32.1. The van der Waals surface area contributed by atoms with E-state index in [0.29, 0.717) is 13.0 Å². The van der Waals surface area contributed by atoms with Crippen molar-refractivity contribution in [2.75, 3.05) is 6.54 Å². The van der Waals surface area contributed by atoms with Gasteiger partial charge >= 0.3 is 6.18 Å². The van der Waals surface area contributed by atoms with Gasteiger partial charge in [0.15, 0.2) is 0 Å². The summed E-state index contributed by atoms with van der Waals surface area (Å²) in [5, 5.41) is 2.86. The molecule has 0 spiro atoms. The second kappa shape index (κ2) is 8.78. The third-order valence-corrected chi connectivity index (χ3v) is 6.23. The van der Waals surface area contributed by atoms with E-state index in [2.05, 4.69) is 4.98 Å². The van der Waals surface area contributed by atoms with Crippen LogP contribution in [0.3, 0.4) is 0 Å². The minimum absolute atomic E-state index is 0.0442. The first-order valence-electron chi connectivity index (χ1n) is 10.1. The van der Waals surface area contributed by atoms with Crippen molar-refractivity contribution < 1.29 is 18.0 Å². The summed E-state index contributed by atoms with van der Waals surface area (Å²) in [5.41, 5.74) is 2.49. The summed E-state index contributed by atoms with van der Waals surface area (Å²) in [6, 6.07) is 10.7. The van der Waals surface area contributed by atoms with Crippen LogP contribution in [-0.4, -0.2) is 27.3 Å². The molecule has 0 saturated carbocycles. The number of aromatic nitrogens is 2. The Bertz CT molecular complexity index is 1060. The molecular weight excluding hydrogens is 423 g/mol. The number of aryl methyl sites for hydroxylation is 1. The molecule has 0 N–H and O–H groups in total. The predicted molar refractivity (Wildman–Crippen MR) is 113 cm³/mol. The minimum atomic E-state index is -4.34. The van der Waals surface area contributed by atoms with Gasteiger partial charge in [0.1, 0.15) is 0 Å². The van der Waals surface area contributed by atoms with Crippen LogP contribution in [0.4, 0.5) is 13.2 Å². The molecule has 2 aromatic heterocycles. The average Bonchev–Trinajstić information content (AvgIpc) is 3.37. The number of hydrogen-bond acceptors (Lipinski definition) is 4. The van der Waals surface area contributed by atoms with E-state index in [1.54, 1.807) is 0 Å². The monoisotopic (exact) mass is 445 g/mol. The standard InChI is InChI=1S/C23H22F3N3OS/c1-15-27-19(14-31-15)13-22(30)29-11-3-6-21(29)20-5-2-4-18(28-20)12-16-7-9-17(10-8-16)23(24,25)26/h2,4-5,7-10,14,21H,3,6,11-13H2,1H3/t21-/m1/s1. The van der Waals surface area contributed by atoms with Crippen molar-refractivity contribution in [3.05, 3.63) is 81.1 Å². The Morgan fingerprint density at radius 2 is 1.90 bits per heavy atom. The highest BCUT2D eigenvalue weighted by Gasteiger charge is 2.31. The maximum atomic E-state index is 12.9. The number of carbonyl (C=O) groups is 1. The van der Waals surface area contributed by atoms with Gasteiger partial charge in [-0.05, 0) is 49.6 Å². The van der Waals surface area contributed by atoms with Gasteiger partial charge in [0.05, 0.1) is 34.4 Å². The second-order valence-electron chi connectivity index (χ2n) is 7.71. The Hall–Kier alpha value is -2.74. The van der Waals surface area contributed by atoms with Crippen molar-refractivity contribution in [1.29, 1.82) is 0 Å². The van der Waals surface area contributed by atoms with Crippen LogP contribution in [0, 0.1) is 6.92 Å². The lowest BCUT2D eigenvalue weighted by Gasteiger charge is -2.24. The quantitative estimate of drug-likeness (QED) is 0.531. The molecule has 1 aliphatic heterocycles. The highest BCUT2D eigenvalue weighted by molar-refractivity contribution is 7.09. The molecule has 1 atom stereocenters. The fourth-order valence-corrected chi connectivity index (χ4v) is 4.53. The first kappa shape index (κ1) is 21.5. The zero-order chi connectivity index (χ0) is 22.0. The van der Waals surface area contributed by atoms with Gasteiger partial charge in [-0.15, -0.1) is 11.3 Å². The van der Waals surface area contributed by atoms with E-state index >= 15 is 0 Å². The average molecular weight is 446 g/mol. The van der Waals surface area contributed by atoms with Gasteiger partial charge in [0.2, 0.25) is 5.91 Å². The van der Waals surface area contributed by atoms with Crippen molar-refractivity contribution >= 4 is 17.2 Å². The fraction of sp³-hybridized carbons (Fsp3) is 0.348. The van der Waals surface area contributed by atoms with Gasteiger partial charge in [0, 0.05) is 24.0 Å². The van der Waals surface area contributed by atoms with Gasteiger partial charge in [-0.2, -0.15) is 13.2 Å². The van der Waals surface area contributed by atoms with Gasteiger partial charge < -0.3 is 4.90 Å². The van der Waals surface area contributed by atoms with E-state index in [-0.39, 0.29) is 18.4 Å². The molecule has 0 radical (unpaired) electrons. The normalized spacial score (nSPS) is 16.6. The van der Waals surface area contributed by atoms with E-state index in [9.17, 15) is 18.0 Å². The smallest absolute Gasteiger partial charge is 0.334 e. The predicted octanol–water partition coefficient (Wildman–Crippen LogP) is 5.36. The molecule has 0 aliphatic carbocycles. The molecule has 8 heteroatoms. The van der Waals surface area contributed by atoms with Gasteiger partial charge in [-0.3, -0.25) is 9.78 Å². The molecule has 162 valence electrons. The Morgan fingerprint density at radius 3 is 2.58 bits per heavy atom. The summed E-state index contributed by atoms with van der Waals surface area (Å²) in [6.07, 6.45) is -1.86. The Kier molecular flexibility index (Phi) is 6.09. The van der Waals surface area contributed by atoms with Crippen LogP contribution in [0.2, 0.25) is 0 Å². The van der Waals surface area contributed by atoms with Crippen molar-refractivity contribution in [3.63, 3.8) is 0 Å². The maximum absolute atomic E-state index is 12.9. The zero-order valence-electron chi connectivity index (χ0n) is 17.0. The topological polar surface area (TPSA) is 46.1 Å². The third kappa shape index (κ3) is 5.12. The maximum Gasteiger partial charge on any atom is 0.416 e. The number of pyridine rings is 1. The number of amides is 1. The number of hydrogen-bond donors (Lipinski definition) is 0. The number of thiazole rings is 1. The molecule has 1 aliphatic rings. The number of benzene rings is 1. The molecule has 1 amide bonds. The van der Waals surface area contributed by atoms with Crippen LogP contribution in [-0.2, 0) is 23.8 Å². The number of nitrogens with zero attached hydrogens (tertiary/aromatic N) is 3. The van der Waals surface area contributed by atoms with Crippen LogP contribution in [0.25, 0.3) is 0 Å². The summed E-state index contributed by atoms with van der Waals surface area (Å²) in [5.74, 6) is 0.0442. The van der Waals surface area contributed by atoms with Crippen LogP contribution in [0.15, 0.2) is 47.8 Å². The van der Waals surface area contributed by atoms with Crippen LogP contribution >= 0.6 is 11.3 Å². The minimum Gasteiger partial charge on any atom is -0.334 e. The molecule has 0 bridgehead atoms. The zero-order valence-corrected chi connectivity index (χ0v) is 17.8. The van der Waals surface area contributed by atoms with Gasteiger partial charge in [0.25, 0.3) is 0 Å². The molecule has 4 nitrogen and oxygen atoms in total. The van der Waals surface area contributed by atoms with E-state index in [0.717, 1.165) is 52.6 Å². The molecule has 1 aromatic carbocycles. The largest absolute Gasteiger partial charge is 0.416 e. The van der Waals surface area contributed by atoms with Crippen molar-refractivity contribution in [2.45, 2.75) is 44.8 Å². The van der Waals surface area contributed by atoms with E-state index in [1.807, 2.05) is 35.4 Å². The van der Waals surface area contributed by atoms with E-state index < -0.39 is 11.7 Å². The number of carbonyl (C=O) groups excluding carboxylic acids is 1. The van der Waals surface area contributed by atoms with E-state index in [4.69, 9.17) is 4.98 Å². The molecule has 31 heavy (non-hydrogen) atoms. The molecule has 3 aromatic rings.